The third-order valence-corrected chi connectivity index (χ3v) is 3.14. The van der Waals surface area contributed by atoms with Gasteiger partial charge in [0, 0.05) is 12.0 Å². The minimum absolute atomic E-state index is 0.00404. The van der Waals surface area contributed by atoms with Gasteiger partial charge in [-0.3, -0.25) is 4.79 Å². The van der Waals surface area contributed by atoms with Crippen molar-refractivity contribution < 1.29 is 14.7 Å². The van der Waals surface area contributed by atoms with Gasteiger partial charge < -0.3 is 10.4 Å². The molecule has 100 valence electrons. The molecule has 1 aromatic heterocycles. The van der Waals surface area contributed by atoms with E-state index in [2.05, 4.69) is 10.3 Å². The number of aromatic nitrogens is 1. The first kappa shape index (κ1) is 13.3. The summed E-state index contributed by atoms with van der Waals surface area (Å²) >= 11 is 0. The Morgan fingerprint density at radius 2 is 2.05 bits per heavy atom. The molecular formula is C14H16N2O3. The second-order valence-electron chi connectivity index (χ2n) is 4.59. The van der Waals surface area contributed by atoms with Crippen molar-refractivity contribution in [2.75, 3.05) is 5.32 Å². The summed E-state index contributed by atoms with van der Waals surface area (Å²) in [7, 11) is 0. The maximum absolute atomic E-state index is 11.9. The number of nitrogens with zero attached hydrogens (tertiary/aromatic N) is 1. The zero-order valence-electron chi connectivity index (χ0n) is 10.5. The number of carboxylic acid groups (broad SMARTS) is 1. The molecule has 0 aliphatic heterocycles. The van der Waals surface area contributed by atoms with E-state index in [-0.39, 0.29) is 11.8 Å². The topological polar surface area (TPSA) is 79.3 Å². The number of rotatable bonds is 4. The van der Waals surface area contributed by atoms with Crippen molar-refractivity contribution in [1.82, 2.24) is 4.98 Å². The molecule has 1 heterocycles. The molecule has 5 nitrogen and oxygen atoms in total. The molecule has 0 radical (unpaired) electrons. The standard InChI is InChI=1S/C14H16N2O3/c17-13(18)9-8-11-6-3-7-12(15-11)16-14(19)10-4-1-2-5-10/h3,6-10H,1-2,4-5H2,(H,17,18)(H,15,16,19)/b9-8+. The molecule has 1 aromatic rings. The van der Waals surface area contributed by atoms with Gasteiger partial charge in [-0.25, -0.2) is 9.78 Å². The molecule has 2 rings (SSSR count). The highest BCUT2D eigenvalue weighted by molar-refractivity contribution is 5.92. The predicted octanol–water partition coefficient (Wildman–Crippen LogP) is 2.31. The van der Waals surface area contributed by atoms with Crippen molar-refractivity contribution in [2.45, 2.75) is 25.7 Å². The van der Waals surface area contributed by atoms with Gasteiger partial charge in [-0.2, -0.15) is 0 Å². The van der Waals surface area contributed by atoms with E-state index < -0.39 is 5.97 Å². The Hall–Kier alpha value is -2.17. The van der Waals surface area contributed by atoms with Crippen LogP contribution in [-0.4, -0.2) is 22.0 Å². The second-order valence-corrected chi connectivity index (χ2v) is 4.59. The third-order valence-electron chi connectivity index (χ3n) is 3.14. The number of aliphatic carboxylic acids is 1. The maximum atomic E-state index is 11.9. The first-order valence-corrected chi connectivity index (χ1v) is 6.34. The van der Waals surface area contributed by atoms with Crippen LogP contribution in [0.15, 0.2) is 24.3 Å². The number of pyridine rings is 1. The van der Waals surface area contributed by atoms with Crippen molar-refractivity contribution >= 4 is 23.8 Å². The van der Waals surface area contributed by atoms with Gasteiger partial charge in [0.2, 0.25) is 5.91 Å². The minimum atomic E-state index is -1.03. The van der Waals surface area contributed by atoms with Crippen LogP contribution in [0.1, 0.15) is 31.4 Å². The van der Waals surface area contributed by atoms with E-state index in [0.717, 1.165) is 31.8 Å². The average Bonchev–Trinajstić information content (AvgIpc) is 2.91. The SMILES string of the molecule is O=C(O)/C=C/c1cccc(NC(=O)C2CCCC2)n1. The second kappa shape index (κ2) is 6.13. The Kier molecular flexibility index (Phi) is 4.28. The van der Waals surface area contributed by atoms with Crippen LogP contribution < -0.4 is 5.32 Å². The van der Waals surface area contributed by atoms with E-state index in [1.54, 1.807) is 18.2 Å². The Morgan fingerprint density at radius 1 is 1.32 bits per heavy atom. The quantitative estimate of drug-likeness (QED) is 0.814. The fourth-order valence-corrected chi connectivity index (χ4v) is 2.19. The molecule has 0 bridgehead atoms. The number of carbonyl (C=O) groups excluding carboxylic acids is 1. The first-order valence-electron chi connectivity index (χ1n) is 6.34. The molecule has 1 amide bonds. The lowest BCUT2D eigenvalue weighted by Crippen LogP contribution is -2.20. The fraction of sp³-hybridized carbons (Fsp3) is 0.357. The van der Waals surface area contributed by atoms with Crippen LogP contribution >= 0.6 is 0 Å². The zero-order chi connectivity index (χ0) is 13.7. The van der Waals surface area contributed by atoms with E-state index in [4.69, 9.17) is 5.11 Å². The van der Waals surface area contributed by atoms with E-state index >= 15 is 0 Å². The smallest absolute Gasteiger partial charge is 0.328 e. The average molecular weight is 260 g/mol. The molecule has 0 saturated heterocycles. The first-order chi connectivity index (χ1) is 9.15. The van der Waals surface area contributed by atoms with Crippen molar-refractivity contribution in [3.8, 4) is 0 Å². The molecule has 1 saturated carbocycles. The molecule has 0 atom stereocenters. The summed E-state index contributed by atoms with van der Waals surface area (Å²) in [6.07, 6.45) is 6.49. The Bertz CT molecular complexity index is 505. The molecule has 1 aliphatic rings. The summed E-state index contributed by atoms with van der Waals surface area (Å²) in [5.74, 6) is -0.476. The lowest BCUT2D eigenvalue weighted by molar-refractivity contribution is -0.131. The van der Waals surface area contributed by atoms with E-state index in [9.17, 15) is 9.59 Å². The number of hydrogen-bond acceptors (Lipinski definition) is 3. The predicted molar refractivity (Wildman–Crippen MR) is 71.5 cm³/mol. The van der Waals surface area contributed by atoms with Crippen LogP contribution in [0.4, 0.5) is 5.82 Å². The van der Waals surface area contributed by atoms with Crippen molar-refractivity contribution in [2.24, 2.45) is 5.92 Å². The Morgan fingerprint density at radius 3 is 2.74 bits per heavy atom. The highest BCUT2D eigenvalue weighted by Crippen LogP contribution is 2.25. The summed E-state index contributed by atoms with van der Waals surface area (Å²) in [4.78, 5) is 26.5. The number of carboxylic acids is 1. The van der Waals surface area contributed by atoms with Crippen LogP contribution in [-0.2, 0) is 9.59 Å². The molecule has 0 spiro atoms. The molecule has 5 heteroatoms. The molecule has 2 N–H and O–H groups in total. The maximum Gasteiger partial charge on any atom is 0.328 e. The number of anilines is 1. The number of amides is 1. The van der Waals surface area contributed by atoms with Gasteiger partial charge in [0.1, 0.15) is 5.82 Å². The van der Waals surface area contributed by atoms with Crippen LogP contribution in [0, 0.1) is 5.92 Å². The molecule has 1 fully saturated rings. The van der Waals surface area contributed by atoms with E-state index in [1.807, 2.05) is 0 Å². The van der Waals surface area contributed by atoms with Gasteiger partial charge >= 0.3 is 5.97 Å². The lowest BCUT2D eigenvalue weighted by atomic mass is 10.1. The highest BCUT2D eigenvalue weighted by atomic mass is 16.4. The van der Waals surface area contributed by atoms with Crippen LogP contribution in [0.3, 0.4) is 0 Å². The zero-order valence-corrected chi connectivity index (χ0v) is 10.5. The minimum Gasteiger partial charge on any atom is -0.478 e. The monoisotopic (exact) mass is 260 g/mol. The van der Waals surface area contributed by atoms with Crippen molar-refractivity contribution in [3.63, 3.8) is 0 Å². The van der Waals surface area contributed by atoms with Crippen LogP contribution in [0.25, 0.3) is 6.08 Å². The van der Waals surface area contributed by atoms with Gasteiger partial charge in [-0.1, -0.05) is 18.9 Å². The van der Waals surface area contributed by atoms with Gasteiger partial charge in [0.05, 0.1) is 5.69 Å². The van der Waals surface area contributed by atoms with Gasteiger partial charge in [0.15, 0.2) is 0 Å². The molecule has 1 aliphatic carbocycles. The Labute approximate surface area is 111 Å². The summed E-state index contributed by atoms with van der Waals surface area (Å²) in [5.41, 5.74) is 0.506. The molecule has 0 unspecified atom stereocenters. The van der Waals surface area contributed by atoms with Gasteiger partial charge in [-0.05, 0) is 31.1 Å². The fourth-order valence-electron chi connectivity index (χ4n) is 2.19. The largest absolute Gasteiger partial charge is 0.478 e. The van der Waals surface area contributed by atoms with Gasteiger partial charge in [0.25, 0.3) is 0 Å². The molecular weight excluding hydrogens is 244 g/mol. The van der Waals surface area contributed by atoms with E-state index in [0.29, 0.717) is 11.5 Å². The van der Waals surface area contributed by atoms with Gasteiger partial charge in [-0.15, -0.1) is 0 Å². The summed E-state index contributed by atoms with van der Waals surface area (Å²) in [5, 5.41) is 11.3. The Balaban J connectivity index is 2.02. The van der Waals surface area contributed by atoms with Crippen LogP contribution in [0.2, 0.25) is 0 Å². The molecule has 19 heavy (non-hydrogen) atoms. The highest BCUT2D eigenvalue weighted by Gasteiger charge is 2.22. The summed E-state index contributed by atoms with van der Waals surface area (Å²) in [6.45, 7) is 0. The number of hydrogen-bond donors (Lipinski definition) is 2. The van der Waals surface area contributed by atoms with Crippen LogP contribution in [0.5, 0.6) is 0 Å². The summed E-state index contributed by atoms with van der Waals surface area (Å²) in [6, 6.07) is 5.12. The summed E-state index contributed by atoms with van der Waals surface area (Å²) < 4.78 is 0. The van der Waals surface area contributed by atoms with Crippen molar-refractivity contribution in [1.29, 1.82) is 0 Å². The lowest BCUT2D eigenvalue weighted by Gasteiger charge is -2.09. The third kappa shape index (κ3) is 3.91. The number of nitrogens with one attached hydrogen (secondary N) is 1. The molecule has 0 aromatic carbocycles. The van der Waals surface area contributed by atoms with E-state index in [1.165, 1.54) is 6.08 Å². The number of carbonyl (C=O) groups is 2. The normalized spacial score (nSPS) is 15.8. The van der Waals surface area contributed by atoms with Crippen molar-refractivity contribution in [3.05, 3.63) is 30.0 Å².